The number of pyridine rings is 1. The van der Waals surface area contributed by atoms with E-state index in [4.69, 9.17) is 5.73 Å². The van der Waals surface area contributed by atoms with E-state index in [1.54, 1.807) is 12.1 Å². The number of ether oxygens (including phenoxy) is 1. The third-order valence-corrected chi connectivity index (χ3v) is 1.35. The molecule has 2 N–H and O–H groups in total. The minimum Gasteiger partial charge on any atom is -0.397 e. The molecule has 4 nitrogen and oxygen atoms in total. The summed E-state index contributed by atoms with van der Waals surface area (Å²) in [5.41, 5.74) is 6.32. The summed E-state index contributed by atoms with van der Waals surface area (Å²) >= 11 is 0. The molecule has 0 atom stereocenters. The summed E-state index contributed by atoms with van der Waals surface area (Å²) in [7, 11) is 1.47. The molecule has 1 heterocycles. The van der Waals surface area contributed by atoms with Crippen molar-refractivity contribution in [2.75, 3.05) is 19.5 Å². The van der Waals surface area contributed by atoms with E-state index in [-0.39, 0.29) is 12.4 Å². The summed E-state index contributed by atoms with van der Waals surface area (Å²) in [6.07, 6.45) is 1.45. The normalized spacial score (nSPS) is 9.75. The highest BCUT2D eigenvalue weighted by Crippen LogP contribution is 2.01. The SMILES string of the molecule is COCC(=O)c1ccc(N)cn1. The van der Waals surface area contributed by atoms with Gasteiger partial charge in [-0.1, -0.05) is 0 Å². The van der Waals surface area contributed by atoms with E-state index in [1.165, 1.54) is 13.3 Å². The highest BCUT2D eigenvalue weighted by atomic mass is 16.5. The Balaban J connectivity index is 2.75. The van der Waals surface area contributed by atoms with Crippen molar-refractivity contribution in [3.63, 3.8) is 0 Å². The summed E-state index contributed by atoms with van der Waals surface area (Å²) in [4.78, 5) is 15.0. The third-order valence-electron chi connectivity index (χ3n) is 1.35. The maximum Gasteiger partial charge on any atom is 0.206 e. The average Bonchev–Trinajstić information content (AvgIpc) is 2.06. The van der Waals surface area contributed by atoms with Gasteiger partial charge in [0.15, 0.2) is 0 Å². The van der Waals surface area contributed by atoms with E-state index < -0.39 is 0 Å². The first-order valence-corrected chi connectivity index (χ1v) is 3.47. The first-order valence-electron chi connectivity index (χ1n) is 3.47. The summed E-state index contributed by atoms with van der Waals surface area (Å²) in [5.74, 6) is -0.141. The molecule has 0 aliphatic rings. The van der Waals surface area contributed by atoms with Crippen LogP contribution < -0.4 is 5.73 Å². The molecule has 0 aliphatic heterocycles. The molecule has 1 aromatic rings. The van der Waals surface area contributed by atoms with Crippen LogP contribution in [-0.2, 0) is 4.74 Å². The quantitative estimate of drug-likeness (QED) is 0.664. The minimum absolute atomic E-state index is 0.0525. The summed E-state index contributed by atoms with van der Waals surface area (Å²) in [5, 5.41) is 0. The zero-order valence-corrected chi connectivity index (χ0v) is 6.78. The Bertz CT molecular complexity index is 269. The maximum absolute atomic E-state index is 11.1. The van der Waals surface area contributed by atoms with Crippen LogP contribution in [0.15, 0.2) is 18.3 Å². The Morgan fingerprint density at radius 2 is 2.42 bits per heavy atom. The van der Waals surface area contributed by atoms with Gasteiger partial charge in [-0.3, -0.25) is 9.78 Å². The molecule has 64 valence electrons. The zero-order chi connectivity index (χ0) is 8.97. The van der Waals surface area contributed by atoms with Gasteiger partial charge in [-0.15, -0.1) is 0 Å². The van der Waals surface area contributed by atoms with Gasteiger partial charge in [-0.05, 0) is 12.1 Å². The second kappa shape index (κ2) is 3.82. The van der Waals surface area contributed by atoms with Crippen LogP contribution in [0.25, 0.3) is 0 Å². The smallest absolute Gasteiger partial charge is 0.206 e. The second-order valence-electron chi connectivity index (χ2n) is 2.33. The van der Waals surface area contributed by atoms with Crippen LogP contribution in [0.1, 0.15) is 10.5 Å². The van der Waals surface area contributed by atoms with Crippen LogP contribution in [-0.4, -0.2) is 24.5 Å². The molecule has 1 aromatic heterocycles. The molecule has 0 fully saturated rings. The Labute approximate surface area is 70.4 Å². The number of nitrogen functional groups attached to an aromatic ring is 1. The van der Waals surface area contributed by atoms with Crippen LogP contribution in [0.5, 0.6) is 0 Å². The van der Waals surface area contributed by atoms with Crippen LogP contribution in [0.4, 0.5) is 5.69 Å². The Morgan fingerprint density at radius 1 is 1.67 bits per heavy atom. The van der Waals surface area contributed by atoms with Crippen molar-refractivity contribution in [2.24, 2.45) is 0 Å². The van der Waals surface area contributed by atoms with Crippen molar-refractivity contribution < 1.29 is 9.53 Å². The fourth-order valence-corrected chi connectivity index (χ4v) is 0.775. The van der Waals surface area contributed by atoms with E-state index in [0.717, 1.165) is 0 Å². The molecule has 0 amide bonds. The van der Waals surface area contributed by atoms with Gasteiger partial charge in [0.1, 0.15) is 12.3 Å². The lowest BCUT2D eigenvalue weighted by atomic mass is 10.2. The predicted octanol–water partition coefficient (Wildman–Crippen LogP) is 0.493. The molecular formula is C8H10N2O2. The van der Waals surface area contributed by atoms with Gasteiger partial charge in [0.2, 0.25) is 5.78 Å². The highest BCUT2D eigenvalue weighted by molar-refractivity contribution is 5.95. The lowest BCUT2D eigenvalue weighted by Crippen LogP contribution is -2.08. The number of carbonyl (C=O) groups is 1. The zero-order valence-electron chi connectivity index (χ0n) is 6.78. The Kier molecular flexibility index (Phi) is 2.76. The molecule has 0 radical (unpaired) electrons. The number of ketones is 1. The minimum atomic E-state index is -0.141. The number of rotatable bonds is 3. The van der Waals surface area contributed by atoms with Gasteiger partial charge in [-0.2, -0.15) is 0 Å². The lowest BCUT2D eigenvalue weighted by Gasteiger charge is -1.98. The van der Waals surface area contributed by atoms with Crippen molar-refractivity contribution >= 4 is 11.5 Å². The van der Waals surface area contributed by atoms with Crippen LogP contribution in [0.3, 0.4) is 0 Å². The van der Waals surface area contributed by atoms with Crippen molar-refractivity contribution in [1.82, 2.24) is 4.98 Å². The van der Waals surface area contributed by atoms with Crippen molar-refractivity contribution in [2.45, 2.75) is 0 Å². The monoisotopic (exact) mass is 166 g/mol. The van der Waals surface area contributed by atoms with Gasteiger partial charge >= 0.3 is 0 Å². The molecule has 0 unspecified atom stereocenters. The first-order chi connectivity index (χ1) is 5.74. The van der Waals surface area contributed by atoms with E-state index in [2.05, 4.69) is 9.72 Å². The first kappa shape index (κ1) is 8.67. The van der Waals surface area contributed by atoms with Crippen molar-refractivity contribution in [3.8, 4) is 0 Å². The molecule has 4 heteroatoms. The summed E-state index contributed by atoms with van der Waals surface area (Å²) in [6.45, 7) is 0.0525. The lowest BCUT2D eigenvalue weighted by molar-refractivity contribution is 0.0843. The van der Waals surface area contributed by atoms with Gasteiger partial charge in [0.05, 0.1) is 11.9 Å². The van der Waals surface area contributed by atoms with Gasteiger partial charge in [-0.25, -0.2) is 0 Å². The van der Waals surface area contributed by atoms with Crippen LogP contribution in [0, 0.1) is 0 Å². The molecule has 0 saturated carbocycles. The molecule has 0 aliphatic carbocycles. The van der Waals surface area contributed by atoms with Gasteiger partial charge in [0, 0.05) is 7.11 Å². The molecule has 0 aromatic carbocycles. The highest BCUT2D eigenvalue weighted by Gasteiger charge is 2.04. The fourth-order valence-electron chi connectivity index (χ4n) is 0.775. The number of methoxy groups -OCH3 is 1. The number of Topliss-reactive ketones (excluding diaryl/α,β-unsaturated/α-hetero) is 1. The number of carbonyl (C=O) groups excluding carboxylic acids is 1. The average molecular weight is 166 g/mol. The molecule has 12 heavy (non-hydrogen) atoms. The number of nitrogens with zero attached hydrogens (tertiary/aromatic N) is 1. The van der Waals surface area contributed by atoms with Gasteiger partial charge in [0.25, 0.3) is 0 Å². The van der Waals surface area contributed by atoms with Gasteiger partial charge < -0.3 is 10.5 Å². The summed E-state index contributed by atoms with van der Waals surface area (Å²) in [6, 6.07) is 3.21. The number of hydrogen-bond donors (Lipinski definition) is 1. The predicted molar refractivity (Wildman–Crippen MR) is 44.9 cm³/mol. The number of hydrogen-bond acceptors (Lipinski definition) is 4. The van der Waals surface area contributed by atoms with E-state index in [1.807, 2.05) is 0 Å². The van der Waals surface area contributed by atoms with Crippen molar-refractivity contribution in [3.05, 3.63) is 24.0 Å². The van der Waals surface area contributed by atoms with Crippen LogP contribution >= 0.6 is 0 Å². The Hall–Kier alpha value is -1.42. The number of aromatic nitrogens is 1. The van der Waals surface area contributed by atoms with Crippen molar-refractivity contribution in [1.29, 1.82) is 0 Å². The molecule has 0 saturated heterocycles. The fraction of sp³-hybridized carbons (Fsp3) is 0.250. The Morgan fingerprint density at radius 3 is 2.92 bits per heavy atom. The largest absolute Gasteiger partial charge is 0.397 e. The molecule has 1 rings (SSSR count). The van der Waals surface area contributed by atoms with E-state index in [0.29, 0.717) is 11.4 Å². The van der Waals surface area contributed by atoms with E-state index >= 15 is 0 Å². The molecule has 0 spiro atoms. The molecule has 0 bridgehead atoms. The number of anilines is 1. The number of nitrogens with two attached hydrogens (primary N) is 1. The second-order valence-corrected chi connectivity index (χ2v) is 2.33. The molecular weight excluding hydrogens is 156 g/mol. The summed E-state index contributed by atoms with van der Waals surface area (Å²) < 4.78 is 4.67. The maximum atomic E-state index is 11.1. The third kappa shape index (κ3) is 2.03. The standard InChI is InChI=1S/C8H10N2O2/c1-12-5-8(11)7-3-2-6(9)4-10-7/h2-4H,5,9H2,1H3. The van der Waals surface area contributed by atoms with E-state index in [9.17, 15) is 4.79 Å². The topological polar surface area (TPSA) is 65.2 Å². The van der Waals surface area contributed by atoms with Crippen LogP contribution in [0.2, 0.25) is 0 Å².